The molecule has 1 aliphatic rings. The summed E-state index contributed by atoms with van der Waals surface area (Å²) in [6, 6.07) is 22.0. The normalized spacial score (nSPS) is 15.6. The van der Waals surface area contributed by atoms with Crippen LogP contribution in [0.5, 0.6) is 0 Å². The van der Waals surface area contributed by atoms with E-state index in [2.05, 4.69) is 31.9 Å². The van der Waals surface area contributed by atoms with E-state index in [0.717, 1.165) is 32.2 Å². The minimum atomic E-state index is -3.86. The van der Waals surface area contributed by atoms with Crippen molar-refractivity contribution in [2.45, 2.75) is 30.7 Å². The predicted molar refractivity (Wildman–Crippen MR) is 138 cm³/mol. The zero-order valence-corrected chi connectivity index (χ0v) is 22.1. The molecule has 3 aromatic rings. The second-order valence-corrected chi connectivity index (χ2v) is 11.9. The van der Waals surface area contributed by atoms with Gasteiger partial charge in [0.2, 0.25) is 15.9 Å². The van der Waals surface area contributed by atoms with Crippen LogP contribution in [0.15, 0.2) is 86.6 Å². The molecule has 4 rings (SSSR count). The molecule has 0 N–H and O–H groups in total. The number of amides is 1. The van der Waals surface area contributed by atoms with Crippen molar-refractivity contribution in [3.63, 3.8) is 0 Å². The van der Waals surface area contributed by atoms with Gasteiger partial charge in [-0.25, -0.2) is 8.42 Å². The summed E-state index contributed by atoms with van der Waals surface area (Å²) in [5.74, 6) is -0.225. The van der Waals surface area contributed by atoms with Crippen LogP contribution in [0.4, 0.5) is 5.69 Å². The van der Waals surface area contributed by atoms with Gasteiger partial charge in [0.25, 0.3) is 0 Å². The fraction of sp³-hybridized carbons (Fsp3) is 0.240. The number of hydrogen-bond acceptors (Lipinski definition) is 3. The third-order valence-corrected chi connectivity index (χ3v) is 8.66. The van der Waals surface area contributed by atoms with E-state index in [-0.39, 0.29) is 29.9 Å². The molecule has 1 aliphatic heterocycles. The van der Waals surface area contributed by atoms with Gasteiger partial charge in [-0.1, -0.05) is 62.2 Å². The van der Waals surface area contributed by atoms with Crippen molar-refractivity contribution in [1.82, 2.24) is 4.31 Å². The Balaban J connectivity index is 1.62. The number of halogens is 2. The van der Waals surface area contributed by atoms with E-state index in [1.54, 1.807) is 29.2 Å². The molecule has 0 spiro atoms. The lowest BCUT2D eigenvalue weighted by molar-refractivity contribution is -0.119. The molecule has 33 heavy (non-hydrogen) atoms. The van der Waals surface area contributed by atoms with Crippen LogP contribution < -0.4 is 4.90 Å². The van der Waals surface area contributed by atoms with Crippen LogP contribution in [0, 0.1) is 0 Å². The summed E-state index contributed by atoms with van der Waals surface area (Å²) in [5, 5.41) is 0. The summed E-state index contributed by atoms with van der Waals surface area (Å²) >= 11 is 6.84. The highest BCUT2D eigenvalue weighted by atomic mass is 79.9. The molecular weight excluding hydrogens is 568 g/mol. The maximum absolute atomic E-state index is 13.5. The fourth-order valence-electron chi connectivity index (χ4n) is 4.15. The Morgan fingerprint density at radius 3 is 2.36 bits per heavy atom. The van der Waals surface area contributed by atoms with Crippen LogP contribution in [0.2, 0.25) is 0 Å². The van der Waals surface area contributed by atoms with Gasteiger partial charge in [0.05, 0.1) is 11.4 Å². The molecule has 0 aliphatic carbocycles. The molecule has 8 heteroatoms. The average Bonchev–Trinajstić information content (AvgIpc) is 3.12. The maximum Gasteiger partial charge on any atom is 0.243 e. The predicted octanol–water partition coefficient (Wildman–Crippen LogP) is 5.42. The lowest BCUT2D eigenvalue weighted by Crippen LogP contribution is -2.45. The molecule has 0 unspecified atom stereocenters. The smallest absolute Gasteiger partial charge is 0.243 e. The minimum Gasteiger partial charge on any atom is -0.308 e. The first kappa shape index (κ1) is 24.1. The van der Waals surface area contributed by atoms with Crippen LogP contribution in [-0.4, -0.2) is 37.8 Å². The van der Waals surface area contributed by atoms with Crippen LogP contribution in [0.25, 0.3) is 0 Å². The Morgan fingerprint density at radius 2 is 1.67 bits per heavy atom. The monoisotopic (exact) mass is 590 g/mol. The first-order chi connectivity index (χ1) is 15.8. The van der Waals surface area contributed by atoms with Crippen molar-refractivity contribution < 1.29 is 13.2 Å². The lowest BCUT2D eigenvalue weighted by Gasteiger charge is -2.27. The Morgan fingerprint density at radius 1 is 1.00 bits per heavy atom. The fourth-order valence-corrected chi connectivity index (χ4v) is 6.21. The molecule has 1 heterocycles. The first-order valence-electron chi connectivity index (χ1n) is 10.7. The molecule has 0 radical (unpaired) electrons. The van der Waals surface area contributed by atoms with Gasteiger partial charge in [-0.05, 0) is 73.4 Å². The topological polar surface area (TPSA) is 57.7 Å². The average molecular weight is 592 g/mol. The highest BCUT2D eigenvalue weighted by Crippen LogP contribution is 2.34. The molecule has 1 atom stereocenters. The molecule has 0 saturated carbocycles. The number of hydrogen-bond donors (Lipinski definition) is 0. The molecule has 0 saturated heterocycles. The number of carbonyl (C=O) groups is 1. The van der Waals surface area contributed by atoms with Gasteiger partial charge in [-0.2, -0.15) is 4.31 Å². The quantitative estimate of drug-likeness (QED) is 0.368. The number of benzene rings is 3. The zero-order valence-electron chi connectivity index (χ0n) is 18.1. The summed E-state index contributed by atoms with van der Waals surface area (Å²) in [6.45, 7) is 1.98. The Kier molecular flexibility index (Phi) is 7.38. The second kappa shape index (κ2) is 10.1. The highest BCUT2D eigenvalue weighted by Gasteiger charge is 2.34. The standard InChI is InChI=1S/C25H24Br2N2O3S/c1-18-15-20-16-22(27)9-12-24(20)29(18)25(30)17-28(14-13-19-5-3-2-4-6-19)33(31,32)23-10-7-21(26)8-11-23/h2-12,16,18H,13-15,17H2,1H3/t18-/m1/s1. The molecule has 172 valence electrons. The summed E-state index contributed by atoms with van der Waals surface area (Å²) in [4.78, 5) is 15.4. The number of carbonyl (C=O) groups excluding carboxylic acids is 1. The Labute approximate surface area is 211 Å². The van der Waals surface area contributed by atoms with Crippen LogP contribution in [0.3, 0.4) is 0 Å². The summed E-state index contributed by atoms with van der Waals surface area (Å²) in [5.41, 5.74) is 2.95. The molecule has 0 aromatic heterocycles. The number of nitrogens with zero attached hydrogens (tertiary/aromatic N) is 2. The van der Waals surface area contributed by atoms with Crippen LogP contribution in [-0.2, 0) is 27.7 Å². The lowest BCUT2D eigenvalue weighted by atomic mass is 10.1. The molecular formula is C25H24Br2N2O3S. The third kappa shape index (κ3) is 5.40. The van der Waals surface area contributed by atoms with Gasteiger partial charge in [0.1, 0.15) is 0 Å². The molecule has 0 fully saturated rings. The van der Waals surface area contributed by atoms with Crippen molar-refractivity contribution in [3.05, 3.63) is 92.9 Å². The van der Waals surface area contributed by atoms with Gasteiger partial charge in [0.15, 0.2) is 0 Å². The van der Waals surface area contributed by atoms with Gasteiger partial charge >= 0.3 is 0 Å². The zero-order chi connectivity index (χ0) is 23.6. The maximum atomic E-state index is 13.5. The van der Waals surface area contributed by atoms with E-state index in [4.69, 9.17) is 0 Å². The first-order valence-corrected chi connectivity index (χ1v) is 13.7. The summed E-state index contributed by atoms with van der Waals surface area (Å²) in [6.07, 6.45) is 1.26. The van der Waals surface area contributed by atoms with E-state index in [9.17, 15) is 13.2 Å². The van der Waals surface area contributed by atoms with Crippen LogP contribution in [0.1, 0.15) is 18.1 Å². The Bertz CT molecular complexity index is 1250. The summed E-state index contributed by atoms with van der Waals surface area (Å²) in [7, 11) is -3.86. The molecule has 1 amide bonds. The molecule has 5 nitrogen and oxygen atoms in total. The number of sulfonamides is 1. The minimum absolute atomic E-state index is 0.0341. The number of rotatable bonds is 7. The van der Waals surface area contributed by atoms with Gasteiger partial charge in [-0.3, -0.25) is 4.79 Å². The molecule has 0 bridgehead atoms. The molecule has 3 aromatic carbocycles. The van der Waals surface area contributed by atoms with Gasteiger partial charge in [-0.15, -0.1) is 0 Å². The second-order valence-electron chi connectivity index (χ2n) is 8.12. The van der Waals surface area contributed by atoms with E-state index >= 15 is 0 Å². The number of anilines is 1. The van der Waals surface area contributed by atoms with Gasteiger partial charge in [0, 0.05) is 27.2 Å². The third-order valence-electron chi connectivity index (χ3n) is 5.78. The van der Waals surface area contributed by atoms with E-state index in [1.165, 1.54) is 4.31 Å². The van der Waals surface area contributed by atoms with E-state index in [1.807, 2.05) is 55.5 Å². The van der Waals surface area contributed by atoms with Crippen molar-refractivity contribution in [2.24, 2.45) is 0 Å². The van der Waals surface area contributed by atoms with E-state index in [0.29, 0.717) is 6.42 Å². The number of fused-ring (bicyclic) bond motifs is 1. The summed E-state index contributed by atoms with van der Waals surface area (Å²) < 4.78 is 30.1. The van der Waals surface area contributed by atoms with Crippen molar-refractivity contribution >= 4 is 53.5 Å². The van der Waals surface area contributed by atoms with Crippen molar-refractivity contribution in [1.29, 1.82) is 0 Å². The SMILES string of the molecule is C[C@@H]1Cc2cc(Br)ccc2N1C(=O)CN(CCc1ccccc1)S(=O)(=O)c1ccc(Br)cc1. The van der Waals surface area contributed by atoms with Crippen molar-refractivity contribution in [3.8, 4) is 0 Å². The highest BCUT2D eigenvalue weighted by molar-refractivity contribution is 9.10. The van der Waals surface area contributed by atoms with Gasteiger partial charge < -0.3 is 4.90 Å². The largest absolute Gasteiger partial charge is 0.308 e. The van der Waals surface area contributed by atoms with E-state index < -0.39 is 10.0 Å². The van der Waals surface area contributed by atoms with Crippen LogP contribution >= 0.6 is 31.9 Å². The van der Waals surface area contributed by atoms with Crippen molar-refractivity contribution in [2.75, 3.05) is 18.0 Å². The Hall–Kier alpha value is -2.00.